The van der Waals surface area contributed by atoms with Crippen molar-refractivity contribution in [1.29, 1.82) is 0 Å². The maximum atomic E-state index is 12.0. The standard InChI is InChI=1S/C10H18N4O4S2/c1-3-8(4-5-15)6-11-20(17,18)10-14-13-9(19-10)12-7(2)16/h8,11,15H,3-6H2,1-2H3,(H,12,13,16). The second-order valence-corrected chi connectivity index (χ2v) is 7.11. The highest BCUT2D eigenvalue weighted by Crippen LogP contribution is 2.20. The Balaban J connectivity index is 2.68. The quantitative estimate of drug-likeness (QED) is 0.587. The number of hydrogen-bond acceptors (Lipinski definition) is 7. The molecule has 114 valence electrons. The van der Waals surface area contributed by atoms with E-state index < -0.39 is 10.0 Å². The highest BCUT2D eigenvalue weighted by molar-refractivity contribution is 7.91. The average Bonchev–Trinajstić information content (AvgIpc) is 2.82. The summed E-state index contributed by atoms with van der Waals surface area (Å²) in [5.74, 6) is -0.274. The Morgan fingerprint density at radius 3 is 2.70 bits per heavy atom. The van der Waals surface area contributed by atoms with Gasteiger partial charge in [-0.25, -0.2) is 13.1 Å². The van der Waals surface area contributed by atoms with Crippen LogP contribution in [0.3, 0.4) is 0 Å². The first-order chi connectivity index (χ1) is 9.39. The molecule has 1 aromatic rings. The molecule has 0 aliphatic carbocycles. The van der Waals surface area contributed by atoms with E-state index in [0.717, 1.165) is 17.8 Å². The van der Waals surface area contributed by atoms with Crippen LogP contribution in [0.15, 0.2) is 4.34 Å². The molecule has 1 unspecified atom stereocenters. The molecule has 0 aliphatic rings. The monoisotopic (exact) mass is 322 g/mol. The summed E-state index contributed by atoms with van der Waals surface area (Å²) in [6.45, 7) is 3.48. The number of carbonyl (C=O) groups is 1. The van der Waals surface area contributed by atoms with E-state index in [9.17, 15) is 13.2 Å². The zero-order chi connectivity index (χ0) is 15.2. The predicted octanol–water partition coefficient (Wildman–Crippen LogP) is 0.183. The zero-order valence-corrected chi connectivity index (χ0v) is 12.9. The van der Waals surface area contributed by atoms with Gasteiger partial charge in [0.1, 0.15) is 0 Å². The molecule has 1 rings (SSSR count). The van der Waals surface area contributed by atoms with E-state index in [1.807, 2.05) is 6.92 Å². The summed E-state index contributed by atoms with van der Waals surface area (Å²) in [6.07, 6.45) is 1.29. The molecule has 0 aromatic carbocycles. The Labute approximate surface area is 121 Å². The van der Waals surface area contributed by atoms with Crippen molar-refractivity contribution in [3.05, 3.63) is 0 Å². The smallest absolute Gasteiger partial charge is 0.269 e. The number of aliphatic hydroxyl groups excluding tert-OH is 1. The van der Waals surface area contributed by atoms with Crippen molar-refractivity contribution in [1.82, 2.24) is 14.9 Å². The lowest BCUT2D eigenvalue weighted by Gasteiger charge is -2.13. The molecule has 0 saturated heterocycles. The highest BCUT2D eigenvalue weighted by atomic mass is 32.2. The van der Waals surface area contributed by atoms with Crippen LogP contribution in [0.4, 0.5) is 5.13 Å². The van der Waals surface area contributed by atoms with Gasteiger partial charge < -0.3 is 10.4 Å². The normalized spacial score (nSPS) is 13.2. The number of carbonyl (C=O) groups excluding carboxylic acids is 1. The van der Waals surface area contributed by atoms with Crippen LogP contribution >= 0.6 is 11.3 Å². The molecule has 10 heteroatoms. The van der Waals surface area contributed by atoms with E-state index >= 15 is 0 Å². The minimum Gasteiger partial charge on any atom is -0.396 e. The summed E-state index contributed by atoms with van der Waals surface area (Å²) < 4.78 is 26.2. The molecule has 0 saturated carbocycles. The molecule has 1 atom stereocenters. The Bertz CT molecular complexity index is 543. The predicted molar refractivity (Wildman–Crippen MR) is 74.9 cm³/mol. The first kappa shape index (κ1) is 17.0. The molecule has 0 spiro atoms. The number of sulfonamides is 1. The van der Waals surface area contributed by atoms with Gasteiger partial charge in [0.2, 0.25) is 15.4 Å². The van der Waals surface area contributed by atoms with E-state index in [4.69, 9.17) is 5.11 Å². The van der Waals surface area contributed by atoms with E-state index in [2.05, 4.69) is 20.2 Å². The maximum absolute atomic E-state index is 12.0. The third-order valence-corrected chi connectivity index (χ3v) is 5.23. The molecule has 20 heavy (non-hydrogen) atoms. The number of rotatable bonds is 8. The summed E-state index contributed by atoms with van der Waals surface area (Å²) in [5.41, 5.74) is 0. The first-order valence-electron chi connectivity index (χ1n) is 6.10. The minimum absolute atomic E-state index is 0.0196. The minimum atomic E-state index is -3.74. The van der Waals surface area contributed by atoms with Crippen LogP contribution in [0.1, 0.15) is 26.7 Å². The van der Waals surface area contributed by atoms with Crippen molar-refractivity contribution in [3.8, 4) is 0 Å². The van der Waals surface area contributed by atoms with Crippen LogP contribution in [-0.4, -0.2) is 42.8 Å². The molecule has 0 radical (unpaired) electrons. The fourth-order valence-corrected chi connectivity index (χ4v) is 3.54. The Kier molecular flexibility index (Phi) is 6.46. The molecule has 0 aliphatic heterocycles. The Hall–Kier alpha value is -1.10. The third kappa shape index (κ3) is 5.12. The molecular weight excluding hydrogens is 304 g/mol. The van der Waals surface area contributed by atoms with Crippen LogP contribution in [-0.2, 0) is 14.8 Å². The second-order valence-electron chi connectivity index (χ2n) is 4.19. The Morgan fingerprint density at radius 2 is 2.15 bits per heavy atom. The molecule has 1 heterocycles. The lowest BCUT2D eigenvalue weighted by Crippen LogP contribution is -2.29. The van der Waals surface area contributed by atoms with Gasteiger partial charge in [-0.15, -0.1) is 10.2 Å². The van der Waals surface area contributed by atoms with Crippen LogP contribution < -0.4 is 10.0 Å². The van der Waals surface area contributed by atoms with Gasteiger partial charge in [-0.2, -0.15) is 0 Å². The van der Waals surface area contributed by atoms with E-state index in [-0.39, 0.29) is 34.4 Å². The van der Waals surface area contributed by atoms with Crippen molar-refractivity contribution in [2.45, 2.75) is 31.0 Å². The number of hydrogen-bond donors (Lipinski definition) is 3. The summed E-state index contributed by atoms with van der Waals surface area (Å²) in [6, 6.07) is 0. The van der Waals surface area contributed by atoms with Crippen LogP contribution in [0.5, 0.6) is 0 Å². The summed E-state index contributed by atoms with van der Waals surface area (Å²) in [4.78, 5) is 10.8. The molecule has 8 nitrogen and oxygen atoms in total. The average molecular weight is 322 g/mol. The lowest BCUT2D eigenvalue weighted by atomic mass is 10.0. The van der Waals surface area contributed by atoms with Crippen molar-refractivity contribution in [2.75, 3.05) is 18.5 Å². The number of amides is 1. The number of nitrogens with one attached hydrogen (secondary N) is 2. The van der Waals surface area contributed by atoms with Crippen molar-refractivity contribution in [2.24, 2.45) is 5.92 Å². The molecular formula is C10H18N4O4S2. The van der Waals surface area contributed by atoms with Gasteiger partial charge in [0.05, 0.1) is 0 Å². The largest absolute Gasteiger partial charge is 0.396 e. The van der Waals surface area contributed by atoms with Crippen LogP contribution in [0, 0.1) is 5.92 Å². The fourth-order valence-electron chi connectivity index (χ4n) is 1.44. The summed E-state index contributed by atoms with van der Waals surface area (Å²) in [5, 5.41) is 18.5. The molecule has 0 bridgehead atoms. The maximum Gasteiger partial charge on any atom is 0.269 e. The van der Waals surface area contributed by atoms with E-state index in [1.54, 1.807) is 0 Å². The Morgan fingerprint density at radius 1 is 1.45 bits per heavy atom. The fraction of sp³-hybridized carbons (Fsp3) is 0.700. The van der Waals surface area contributed by atoms with Crippen LogP contribution in [0.25, 0.3) is 0 Å². The lowest BCUT2D eigenvalue weighted by molar-refractivity contribution is -0.114. The van der Waals surface area contributed by atoms with Crippen LogP contribution in [0.2, 0.25) is 0 Å². The van der Waals surface area contributed by atoms with Crippen molar-refractivity contribution >= 4 is 32.4 Å². The van der Waals surface area contributed by atoms with Crippen molar-refractivity contribution in [3.63, 3.8) is 0 Å². The number of aliphatic hydroxyl groups is 1. The molecule has 3 N–H and O–H groups in total. The summed E-state index contributed by atoms with van der Waals surface area (Å²) in [7, 11) is -3.74. The van der Waals surface area contributed by atoms with Crippen molar-refractivity contribution < 1.29 is 18.3 Å². The third-order valence-electron chi connectivity index (χ3n) is 2.60. The number of aromatic nitrogens is 2. The number of anilines is 1. The SMILES string of the molecule is CCC(CCO)CNS(=O)(=O)c1nnc(NC(C)=O)s1. The topological polar surface area (TPSA) is 121 Å². The van der Waals surface area contributed by atoms with E-state index in [0.29, 0.717) is 6.42 Å². The summed E-state index contributed by atoms with van der Waals surface area (Å²) >= 11 is 0.787. The molecule has 1 aromatic heterocycles. The van der Waals surface area contributed by atoms with Gasteiger partial charge >= 0.3 is 0 Å². The van der Waals surface area contributed by atoms with Gasteiger partial charge in [0.15, 0.2) is 0 Å². The van der Waals surface area contributed by atoms with Gasteiger partial charge in [0, 0.05) is 20.1 Å². The van der Waals surface area contributed by atoms with E-state index in [1.165, 1.54) is 6.92 Å². The first-order valence-corrected chi connectivity index (χ1v) is 8.40. The number of nitrogens with zero attached hydrogens (tertiary/aromatic N) is 2. The molecule has 0 fully saturated rings. The van der Waals surface area contributed by atoms with Gasteiger partial charge in [-0.3, -0.25) is 4.79 Å². The highest BCUT2D eigenvalue weighted by Gasteiger charge is 2.21. The van der Waals surface area contributed by atoms with Gasteiger partial charge in [-0.05, 0) is 12.3 Å². The van der Waals surface area contributed by atoms with Gasteiger partial charge in [0.25, 0.3) is 10.0 Å². The van der Waals surface area contributed by atoms with Gasteiger partial charge in [-0.1, -0.05) is 24.7 Å². The second kappa shape index (κ2) is 7.62. The zero-order valence-electron chi connectivity index (χ0n) is 11.3. The molecule has 1 amide bonds.